The van der Waals surface area contributed by atoms with Gasteiger partial charge in [-0.15, -0.1) is 0 Å². The first kappa shape index (κ1) is 21.0. The number of aliphatic imine (C=N–C) groups is 1. The Morgan fingerprint density at radius 2 is 2.06 bits per heavy atom. The van der Waals surface area contributed by atoms with Gasteiger partial charge in [-0.2, -0.15) is 9.40 Å². The van der Waals surface area contributed by atoms with Crippen molar-refractivity contribution in [3.8, 4) is 5.82 Å². The summed E-state index contributed by atoms with van der Waals surface area (Å²) in [7, 11) is -1.72. The van der Waals surface area contributed by atoms with Gasteiger partial charge in [0.15, 0.2) is 11.8 Å². The summed E-state index contributed by atoms with van der Waals surface area (Å²) in [6.45, 7) is 2.44. The number of sulfonamides is 1. The Labute approximate surface area is 180 Å². The van der Waals surface area contributed by atoms with Gasteiger partial charge >= 0.3 is 0 Å². The summed E-state index contributed by atoms with van der Waals surface area (Å²) in [5.74, 6) is 1.31. The highest BCUT2D eigenvalue weighted by molar-refractivity contribution is 7.88. The molecule has 0 bridgehead atoms. The number of hydrogen-bond acceptors (Lipinski definition) is 7. The molecule has 3 aromatic heterocycles. The summed E-state index contributed by atoms with van der Waals surface area (Å²) < 4.78 is 33.1. The van der Waals surface area contributed by atoms with Crippen LogP contribution < -0.4 is 5.32 Å². The Bertz CT molecular complexity index is 1110. The lowest BCUT2D eigenvalue weighted by molar-refractivity contribution is 0.259. The van der Waals surface area contributed by atoms with Gasteiger partial charge in [0, 0.05) is 64.4 Å². The van der Waals surface area contributed by atoms with E-state index in [1.54, 1.807) is 30.2 Å². The highest BCUT2D eigenvalue weighted by Gasteiger charge is 2.28. The van der Waals surface area contributed by atoms with Crippen molar-refractivity contribution in [2.75, 3.05) is 33.2 Å². The second-order valence-electron chi connectivity index (χ2n) is 7.01. The highest BCUT2D eigenvalue weighted by Crippen LogP contribution is 2.13. The first-order valence-corrected chi connectivity index (χ1v) is 11.4. The second kappa shape index (κ2) is 9.27. The maximum Gasteiger partial charge on any atom is 0.220 e. The minimum atomic E-state index is -3.44. The Kier molecular flexibility index (Phi) is 6.28. The molecule has 11 nitrogen and oxygen atoms in total. The van der Waals surface area contributed by atoms with Gasteiger partial charge in [0.1, 0.15) is 12.0 Å². The average Bonchev–Trinajstić information content (AvgIpc) is 3.49. The summed E-state index contributed by atoms with van der Waals surface area (Å²) in [6.07, 6.45) is 6.67. The Balaban J connectivity index is 1.32. The predicted octanol–water partition coefficient (Wildman–Crippen LogP) is 0.478. The van der Waals surface area contributed by atoms with Crippen LogP contribution in [0.4, 0.5) is 0 Å². The van der Waals surface area contributed by atoms with E-state index in [1.165, 1.54) is 10.6 Å². The molecule has 0 amide bonds. The number of hydrogen-bond donors (Lipinski definition) is 1. The van der Waals surface area contributed by atoms with Gasteiger partial charge in [0.05, 0.1) is 5.69 Å². The summed E-state index contributed by atoms with van der Waals surface area (Å²) in [5.41, 5.74) is 1.45. The number of piperazine rings is 1. The van der Waals surface area contributed by atoms with Crippen molar-refractivity contribution in [1.29, 1.82) is 0 Å². The molecule has 0 unspecified atom stereocenters. The van der Waals surface area contributed by atoms with Gasteiger partial charge in [-0.3, -0.25) is 4.99 Å². The van der Waals surface area contributed by atoms with E-state index in [9.17, 15) is 8.42 Å². The van der Waals surface area contributed by atoms with Crippen LogP contribution in [0.5, 0.6) is 0 Å². The van der Waals surface area contributed by atoms with Gasteiger partial charge in [-0.1, -0.05) is 5.16 Å². The monoisotopic (exact) mass is 444 g/mol. The zero-order valence-electron chi connectivity index (χ0n) is 17.1. The van der Waals surface area contributed by atoms with Gasteiger partial charge in [0.2, 0.25) is 10.0 Å². The number of guanidine groups is 1. The van der Waals surface area contributed by atoms with Crippen LogP contribution >= 0.6 is 0 Å². The van der Waals surface area contributed by atoms with Crippen molar-refractivity contribution >= 4 is 16.0 Å². The van der Waals surface area contributed by atoms with E-state index in [2.05, 4.69) is 30.4 Å². The molecule has 4 rings (SSSR count). The van der Waals surface area contributed by atoms with E-state index in [4.69, 9.17) is 4.52 Å². The van der Waals surface area contributed by atoms with Crippen molar-refractivity contribution in [2.24, 2.45) is 4.99 Å². The molecule has 1 aliphatic heterocycles. The summed E-state index contributed by atoms with van der Waals surface area (Å²) in [6, 6.07) is 7.31. The quantitative estimate of drug-likeness (QED) is 0.430. The molecule has 0 radical (unpaired) electrons. The average molecular weight is 445 g/mol. The third-order valence-corrected chi connectivity index (χ3v) is 6.78. The Hall–Kier alpha value is -3.25. The SMILES string of the molecule is CN=C(NCc1ccnc(-n2cccn2)c1)N1CCN(S(=O)(=O)Cc2ccon2)CC1. The van der Waals surface area contributed by atoms with Crippen LogP contribution in [0.2, 0.25) is 0 Å². The molecular formula is C19H24N8O3S. The maximum absolute atomic E-state index is 12.6. The smallest absolute Gasteiger partial charge is 0.220 e. The third kappa shape index (κ3) is 5.09. The molecule has 0 spiro atoms. The van der Waals surface area contributed by atoms with Crippen molar-refractivity contribution in [1.82, 2.24) is 34.4 Å². The molecule has 1 saturated heterocycles. The second-order valence-corrected chi connectivity index (χ2v) is 8.98. The first-order valence-electron chi connectivity index (χ1n) is 9.83. The van der Waals surface area contributed by atoms with Crippen LogP contribution in [0.25, 0.3) is 5.82 Å². The van der Waals surface area contributed by atoms with E-state index in [0.717, 1.165) is 17.3 Å². The molecule has 1 aliphatic rings. The highest BCUT2D eigenvalue weighted by atomic mass is 32.2. The molecular weight excluding hydrogens is 420 g/mol. The first-order chi connectivity index (χ1) is 15.0. The minimum Gasteiger partial charge on any atom is -0.364 e. The van der Waals surface area contributed by atoms with E-state index < -0.39 is 10.0 Å². The third-order valence-electron chi connectivity index (χ3n) is 4.96. The fraction of sp³-hybridized carbons (Fsp3) is 0.368. The maximum atomic E-state index is 12.6. The van der Waals surface area contributed by atoms with E-state index in [-0.39, 0.29) is 5.75 Å². The van der Waals surface area contributed by atoms with Crippen LogP contribution in [0, 0.1) is 0 Å². The lowest BCUT2D eigenvalue weighted by atomic mass is 10.2. The number of rotatable bonds is 6. The van der Waals surface area contributed by atoms with Crippen molar-refractivity contribution in [3.05, 3.63) is 60.4 Å². The summed E-state index contributed by atoms with van der Waals surface area (Å²) in [4.78, 5) is 10.7. The fourth-order valence-corrected chi connectivity index (χ4v) is 4.81. The number of pyridine rings is 1. The van der Waals surface area contributed by atoms with E-state index in [1.807, 2.05) is 24.4 Å². The zero-order chi connectivity index (χ0) is 21.7. The molecule has 0 atom stereocenters. The Morgan fingerprint density at radius 3 is 2.74 bits per heavy atom. The number of nitrogens with zero attached hydrogens (tertiary/aromatic N) is 7. The van der Waals surface area contributed by atoms with Gasteiger partial charge in [-0.25, -0.2) is 18.1 Å². The molecule has 1 fully saturated rings. The molecule has 0 aliphatic carbocycles. The van der Waals surface area contributed by atoms with Crippen molar-refractivity contribution in [3.63, 3.8) is 0 Å². The molecule has 3 aromatic rings. The minimum absolute atomic E-state index is 0.156. The van der Waals surface area contributed by atoms with Crippen LogP contribution in [0.3, 0.4) is 0 Å². The van der Waals surface area contributed by atoms with Gasteiger partial charge < -0.3 is 14.7 Å². The topological polar surface area (TPSA) is 122 Å². The molecule has 12 heteroatoms. The van der Waals surface area contributed by atoms with Crippen LogP contribution in [0.15, 0.2) is 58.6 Å². The lowest BCUT2D eigenvalue weighted by Crippen LogP contribution is -2.53. The van der Waals surface area contributed by atoms with Crippen LogP contribution in [-0.4, -0.2) is 76.7 Å². The largest absolute Gasteiger partial charge is 0.364 e. The standard InChI is InChI=1S/C19H24N8O3S/c1-20-19(22-14-16-3-6-21-18(13-16)27-7-2-5-23-27)25-8-10-26(11-9-25)31(28,29)15-17-4-12-30-24-17/h2-7,12-13H,8-11,14-15H2,1H3,(H,20,22). The molecule has 4 heterocycles. The number of nitrogens with one attached hydrogen (secondary N) is 1. The summed E-state index contributed by atoms with van der Waals surface area (Å²) >= 11 is 0. The zero-order valence-corrected chi connectivity index (χ0v) is 17.9. The van der Waals surface area contributed by atoms with Crippen molar-refractivity contribution in [2.45, 2.75) is 12.3 Å². The van der Waals surface area contributed by atoms with E-state index >= 15 is 0 Å². The van der Waals surface area contributed by atoms with Gasteiger partial charge in [0.25, 0.3) is 0 Å². The van der Waals surface area contributed by atoms with E-state index in [0.29, 0.717) is 38.4 Å². The molecule has 0 saturated carbocycles. The normalized spacial score (nSPS) is 15.9. The molecule has 164 valence electrons. The molecule has 1 N–H and O–H groups in total. The molecule has 0 aromatic carbocycles. The Morgan fingerprint density at radius 1 is 1.23 bits per heavy atom. The van der Waals surface area contributed by atoms with Crippen LogP contribution in [-0.2, 0) is 22.3 Å². The number of aromatic nitrogens is 4. The van der Waals surface area contributed by atoms with Crippen molar-refractivity contribution < 1.29 is 12.9 Å². The molecule has 31 heavy (non-hydrogen) atoms. The lowest BCUT2D eigenvalue weighted by Gasteiger charge is -2.35. The fourth-order valence-electron chi connectivity index (χ4n) is 3.38. The van der Waals surface area contributed by atoms with Crippen LogP contribution in [0.1, 0.15) is 11.3 Å². The van der Waals surface area contributed by atoms with Gasteiger partial charge in [-0.05, 0) is 23.8 Å². The summed E-state index contributed by atoms with van der Waals surface area (Å²) in [5, 5.41) is 11.2. The predicted molar refractivity (Wildman–Crippen MR) is 114 cm³/mol.